The fourth-order valence-electron chi connectivity index (χ4n) is 1.95. The van der Waals surface area contributed by atoms with Crippen LogP contribution < -0.4 is 0 Å². The first-order valence-corrected chi connectivity index (χ1v) is 5.51. The summed E-state index contributed by atoms with van der Waals surface area (Å²) in [4.78, 5) is 25.4. The van der Waals surface area contributed by atoms with E-state index in [1.165, 1.54) is 17.8 Å². The Balaban J connectivity index is 2.27. The summed E-state index contributed by atoms with van der Waals surface area (Å²) in [7, 11) is 1.66. The van der Waals surface area contributed by atoms with Crippen molar-refractivity contribution in [2.45, 2.75) is 6.92 Å². The number of hydrogen-bond acceptors (Lipinski definition) is 4. The minimum absolute atomic E-state index is 0.147. The first kappa shape index (κ1) is 11.8. The highest BCUT2D eigenvalue weighted by molar-refractivity contribution is 6.06. The SMILES string of the molecule is CC(=O)c1c(C(=O)N2CCOCC2)cnn1C. The molecule has 0 atom stereocenters. The molecule has 1 aromatic heterocycles. The third-order valence-electron chi connectivity index (χ3n) is 2.80. The summed E-state index contributed by atoms with van der Waals surface area (Å²) >= 11 is 0. The summed E-state index contributed by atoms with van der Waals surface area (Å²) in [6.45, 7) is 3.64. The van der Waals surface area contributed by atoms with Crippen LogP contribution in [0.4, 0.5) is 0 Å². The zero-order valence-electron chi connectivity index (χ0n) is 9.97. The molecule has 92 valence electrons. The Labute approximate surface area is 99.1 Å². The average Bonchev–Trinajstić information content (AvgIpc) is 2.71. The summed E-state index contributed by atoms with van der Waals surface area (Å²) in [5.41, 5.74) is 0.739. The van der Waals surface area contributed by atoms with E-state index in [4.69, 9.17) is 4.74 Å². The Morgan fingerprint density at radius 1 is 1.35 bits per heavy atom. The molecule has 1 aliphatic heterocycles. The van der Waals surface area contributed by atoms with Gasteiger partial charge in [-0.3, -0.25) is 14.3 Å². The normalized spacial score (nSPS) is 16.0. The van der Waals surface area contributed by atoms with Crippen LogP contribution in [0, 0.1) is 0 Å². The number of ether oxygens (including phenoxy) is 1. The van der Waals surface area contributed by atoms with Gasteiger partial charge in [0.25, 0.3) is 5.91 Å². The van der Waals surface area contributed by atoms with Crippen LogP contribution in [-0.4, -0.2) is 52.7 Å². The van der Waals surface area contributed by atoms with Crippen molar-refractivity contribution in [3.05, 3.63) is 17.5 Å². The number of Topliss-reactive ketones (excluding diaryl/α,β-unsaturated/α-hetero) is 1. The molecular formula is C11H15N3O3. The van der Waals surface area contributed by atoms with E-state index in [0.29, 0.717) is 37.6 Å². The monoisotopic (exact) mass is 237 g/mol. The Morgan fingerprint density at radius 2 is 2.00 bits per heavy atom. The van der Waals surface area contributed by atoms with Gasteiger partial charge < -0.3 is 9.64 Å². The van der Waals surface area contributed by atoms with Gasteiger partial charge in [0.15, 0.2) is 5.78 Å². The summed E-state index contributed by atoms with van der Waals surface area (Å²) in [5, 5.41) is 3.97. The molecule has 1 amide bonds. The third-order valence-corrected chi connectivity index (χ3v) is 2.80. The molecule has 1 saturated heterocycles. The Hall–Kier alpha value is -1.69. The molecule has 0 bridgehead atoms. The van der Waals surface area contributed by atoms with Gasteiger partial charge in [0, 0.05) is 27.1 Å². The molecule has 1 fully saturated rings. The van der Waals surface area contributed by atoms with Gasteiger partial charge in [-0.2, -0.15) is 5.10 Å². The van der Waals surface area contributed by atoms with Crippen molar-refractivity contribution in [2.24, 2.45) is 7.05 Å². The summed E-state index contributed by atoms with van der Waals surface area (Å²) in [6, 6.07) is 0. The van der Waals surface area contributed by atoms with Gasteiger partial charge in [-0.05, 0) is 0 Å². The Morgan fingerprint density at radius 3 is 2.59 bits per heavy atom. The number of aryl methyl sites for hydroxylation is 1. The van der Waals surface area contributed by atoms with Gasteiger partial charge in [-0.15, -0.1) is 0 Å². The van der Waals surface area contributed by atoms with Crippen molar-refractivity contribution in [1.29, 1.82) is 0 Å². The van der Waals surface area contributed by atoms with E-state index in [1.807, 2.05) is 0 Å². The second kappa shape index (κ2) is 4.67. The highest BCUT2D eigenvalue weighted by Crippen LogP contribution is 2.12. The van der Waals surface area contributed by atoms with Crippen LogP contribution in [0.3, 0.4) is 0 Å². The highest BCUT2D eigenvalue weighted by atomic mass is 16.5. The van der Waals surface area contributed by atoms with Crippen molar-refractivity contribution in [2.75, 3.05) is 26.3 Å². The van der Waals surface area contributed by atoms with Gasteiger partial charge in [0.2, 0.25) is 0 Å². The molecule has 0 aliphatic carbocycles. The molecule has 6 nitrogen and oxygen atoms in total. The maximum absolute atomic E-state index is 12.2. The molecule has 17 heavy (non-hydrogen) atoms. The van der Waals surface area contributed by atoms with E-state index in [0.717, 1.165) is 0 Å². The number of amides is 1. The van der Waals surface area contributed by atoms with Crippen molar-refractivity contribution in [3.8, 4) is 0 Å². The van der Waals surface area contributed by atoms with Crippen molar-refractivity contribution >= 4 is 11.7 Å². The molecule has 0 aromatic carbocycles. The van der Waals surface area contributed by atoms with Crippen LogP contribution >= 0.6 is 0 Å². The van der Waals surface area contributed by atoms with E-state index < -0.39 is 0 Å². The lowest BCUT2D eigenvalue weighted by Gasteiger charge is -2.26. The minimum Gasteiger partial charge on any atom is -0.378 e. The second-order valence-corrected chi connectivity index (χ2v) is 3.99. The summed E-state index contributed by atoms with van der Waals surface area (Å²) in [5.74, 6) is -0.298. The highest BCUT2D eigenvalue weighted by Gasteiger charge is 2.25. The van der Waals surface area contributed by atoms with Crippen molar-refractivity contribution in [1.82, 2.24) is 14.7 Å². The van der Waals surface area contributed by atoms with Gasteiger partial charge in [0.1, 0.15) is 5.69 Å². The number of rotatable bonds is 2. The van der Waals surface area contributed by atoms with Gasteiger partial charge >= 0.3 is 0 Å². The van der Waals surface area contributed by atoms with Crippen LogP contribution in [0.2, 0.25) is 0 Å². The van der Waals surface area contributed by atoms with Crippen LogP contribution in [-0.2, 0) is 11.8 Å². The summed E-state index contributed by atoms with van der Waals surface area (Å²) in [6.07, 6.45) is 1.45. The summed E-state index contributed by atoms with van der Waals surface area (Å²) < 4.78 is 6.63. The zero-order valence-corrected chi connectivity index (χ0v) is 9.97. The topological polar surface area (TPSA) is 64.4 Å². The molecule has 0 spiro atoms. The number of nitrogens with zero attached hydrogens (tertiary/aromatic N) is 3. The molecule has 2 heterocycles. The predicted octanol–water partition coefficient (Wildman–Crippen LogP) is 0.0951. The molecule has 0 radical (unpaired) electrons. The van der Waals surface area contributed by atoms with E-state index in [2.05, 4.69) is 5.10 Å². The molecular weight excluding hydrogens is 222 g/mol. The molecule has 2 rings (SSSR count). The van der Waals surface area contributed by atoms with E-state index in [9.17, 15) is 9.59 Å². The average molecular weight is 237 g/mol. The molecule has 6 heteroatoms. The van der Waals surface area contributed by atoms with Crippen LogP contribution in [0.25, 0.3) is 0 Å². The first-order chi connectivity index (χ1) is 8.11. The maximum Gasteiger partial charge on any atom is 0.257 e. The van der Waals surface area contributed by atoms with Gasteiger partial charge in [-0.25, -0.2) is 0 Å². The first-order valence-electron chi connectivity index (χ1n) is 5.51. The number of carbonyl (C=O) groups excluding carboxylic acids is 2. The quantitative estimate of drug-likeness (QED) is 0.684. The molecule has 0 N–H and O–H groups in total. The van der Waals surface area contributed by atoms with E-state index in [1.54, 1.807) is 11.9 Å². The molecule has 1 aliphatic rings. The van der Waals surface area contributed by atoms with E-state index >= 15 is 0 Å². The lowest BCUT2D eigenvalue weighted by Crippen LogP contribution is -2.41. The fraction of sp³-hybridized carbons (Fsp3) is 0.545. The number of hydrogen-bond donors (Lipinski definition) is 0. The second-order valence-electron chi connectivity index (χ2n) is 3.99. The molecule has 0 unspecified atom stereocenters. The van der Waals surface area contributed by atoms with Crippen LogP contribution in [0.1, 0.15) is 27.8 Å². The van der Waals surface area contributed by atoms with Crippen molar-refractivity contribution < 1.29 is 14.3 Å². The fourth-order valence-corrected chi connectivity index (χ4v) is 1.95. The Bertz CT molecular complexity index is 447. The van der Waals surface area contributed by atoms with Crippen LogP contribution in [0.5, 0.6) is 0 Å². The maximum atomic E-state index is 12.2. The number of ketones is 1. The van der Waals surface area contributed by atoms with Crippen LogP contribution in [0.15, 0.2) is 6.20 Å². The van der Waals surface area contributed by atoms with E-state index in [-0.39, 0.29) is 11.7 Å². The number of morpholine rings is 1. The lowest BCUT2D eigenvalue weighted by atomic mass is 10.1. The smallest absolute Gasteiger partial charge is 0.257 e. The third kappa shape index (κ3) is 2.21. The molecule has 0 saturated carbocycles. The predicted molar refractivity (Wildman–Crippen MR) is 59.9 cm³/mol. The van der Waals surface area contributed by atoms with Gasteiger partial charge in [-0.1, -0.05) is 0 Å². The Kier molecular flexibility index (Phi) is 3.23. The van der Waals surface area contributed by atoms with Gasteiger partial charge in [0.05, 0.1) is 25.0 Å². The number of carbonyl (C=O) groups is 2. The van der Waals surface area contributed by atoms with Crippen molar-refractivity contribution in [3.63, 3.8) is 0 Å². The number of aromatic nitrogens is 2. The standard InChI is InChI=1S/C11H15N3O3/c1-8(15)10-9(7-12-13(10)2)11(16)14-3-5-17-6-4-14/h7H,3-6H2,1-2H3. The zero-order chi connectivity index (χ0) is 12.4. The molecule has 1 aromatic rings. The minimum atomic E-state index is -0.151. The lowest BCUT2D eigenvalue weighted by molar-refractivity contribution is 0.0302. The largest absolute Gasteiger partial charge is 0.378 e.